The normalized spacial score (nSPS) is 18.2. The summed E-state index contributed by atoms with van der Waals surface area (Å²) in [5.74, 6) is 0.0775. The molecule has 3 rings (SSSR count). The number of hydrogen-bond donors (Lipinski definition) is 0. The molecular formula is C21H27N3O2S. The fourth-order valence-corrected chi connectivity index (χ4v) is 4.28. The lowest BCUT2D eigenvalue weighted by Crippen LogP contribution is -2.47. The zero-order chi connectivity index (χ0) is 19.4. The molecule has 1 saturated heterocycles. The predicted molar refractivity (Wildman–Crippen MR) is 110 cm³/mol. The number of hydrogen-bond acceptors (Lipinski definition) is 4. The summed E-state index contributed by atoms with van der Waals surface area (Å²) in [4.78, 5) is 34.5. The summed E-state index contributed by atoms with van der Waals surface area (Å²) in [6.45, 7) is 5.26. The van der Waals surface area contributed by atoms with Gasteiger partial charge < -0.3 is 4.90 Å². The van der Waals surface area contributed by atoms with Gasteiger partial charge in [0.25, 0.3) is 0 Å². The molecule has 0 spiro atoms. The number of anilines is 1. The van der Waals surface area contributed by atoms with E-state index in [1.165, 1.54) is 11.3 Å². The number of nitrogens with zero attached hydrogens (tertiary/aromatic N) is 3. The first-order chi connectivity index (χ1) is 13.0. The van der Waals surface area contributed by atoms with Crippen LogP contribution in [0, 0.1) is 11.8 Å². The molecule has 0 N–H and O–H groups in total. The van der Waals surface area contributed by atoms with Crippen molar-refractivity contribution in [2.24, 2.45) is 11.8 Å². The van der Waals surface area contributed by atoms with Crippen molar-refractivity contribution in [3.8, 4) is 10.4 Å². The summed E-state index contributed by atoms with van der Waals surface area (Å²) in [5.41, 5.74) is 1.10. The van der Waals surface area contributed by atoms with E-state index in [9.17, 15) is 9.59 Å². The Morgan fingerprint density at radius 3 is 2.78 bits per heavy atom. The molecule has 0 aliphatic carbocycles. The first-order valence-corrected chi connectivity index (χ1v) is 10.4. The fraction of sp³-hybridized carbons (Fsp3) is 0.476. The molecule has 5 nitrogen and oxygen atoms in total. The average Bonchev–Trinajstić information content (AvgIpc) is 3.22. The zero-order valence-electron chi connectivity index (χ0n) is 16.2. The molecule has 0 saturated carbocycles. The average molecular weight is 386 g/mol. The van der Waals surface area contributed by atoms with Crippen molar-refractivity contribution in [3.63, 3.8) is 0 Å². The minimum Gasteiger partial charge on any atom is -0.342 e. The van der Waals surface area contributed by atoms with Crippen LogP contribution in [0.4, 0.5) is 5.13 Å². The fourth-order valence-electron chi connectivity index (χ4n) is 3.39. The Morgan fingerprint density at radius 2 is 2.07 bits per heavy atom. The molecule has 1 fully saturated rings. The number of likely N-dealkylation sites (tertiary alicyclic amines) is 1. The third-order valence-corrected chi connectivity index (χ3v) is 6.41. The van der Waals surface area contributed by atoms with Gasteiger partial charge in [-0.15, -0.1) is 0 Å². The monoisotopic (exact) mass is 385 g/mol. The Labute approximate surface area is 165 Å². The van der Waals surface area contributed by atoms with Crippen molar-refractivity contribution in [1.82, 2.24) is 9.88 Å². The third-order valence-electron chi connectivity index (χ3n) is 5.29. The maximum absolute atomic E-state index is 13.0. The molecule has 2 amide bonds. The van der Waals surface area contributed by atoms with Crippen molar-refractivity contribution in [2.75, 3.05) is 25.0 Å². The zero-order valence-corrected chi connectivity index (χ0v) is 17.0. The van der Waals surface area contributed by atoms with E-state index in [1.54, 1.807) is 11.9 Å². The number of rotatable bonds is 5. The molecule has 1 aromatic carbocycles. The topological polar surface area (TPSA) is 53.5 Å². The highest BCUT2D eigenvalue weighted by atomic mass is 32.1. The summed E-state index contributed by atoms with van der Waals surface area (Å²) in [6.07, 6.45) is 4.35. The number of benzene rings is 1. The van der Waals surface area contributed by atoms with E-state index in [4.69, 9.17) is 0 Å². The van der Waals surface area contributed by atoms with Gasteiger partial charge in [-0.25, -0.2) is 4.98 Å². The smallest absolute Gasteiger partial charge is 0.233 e. The van der Waals surface area contributed by atoms with E-state index in [0.717, 1.165) is 36.2 Å². The van der Waals surface area contributed by atoms with Gasteiger partial charge in [-0.2, -0.15) is 0 Å². The van der Waals surface area contributed by atoms with Crippen LogP contribution in [0.3, 0.4) is 0 Å². The Hall–Kier alpha value is -2.21. The molecule has 2 aromatic rings. The largest absolute Gasteiger partial charge is 0.342 e. The molecule has 144 valence electrons. The lowest BCUT2D eigenvalue weighted by molar-refractivity contribution is -0.138. The highest BCUT2D eigenvalue weighted by Crippen LogP contribution is 2.32. The van der Waals surface area contributed by atoms with Gasteiger partial charge in [0.2, 0.25) is 11.8 Å². The Kier molecular flexibility index (Phi) is 6.26. The number of thiazole rings is 1. The first-order valence-electron chi connectivity index (χ1n) is 9.58. The van der Waals surface area contributed by atoms with Crippen LogP contribution in [0.25, 0.3) is 10.4 Å². The second kappa shape index (κ2) is 8.65. The number of carbonyl (C=O) groups excluding carboxylic acids is 2. The number of piperidine rings is 1. The van der Waals surface area contributed by atoms with Crippen LogP contribution < -0.4 is 4.90 Å². The van der Waals surface area contributed by atoms with Crippen molar-refractivity contribution >= 4 is 28.3 Å². The van der Waals surface area contributed by atoms with Crippen molar-refractivity contribution in [1.29, 1.82) is 0 Å². The SMILES string of the molecule is CC[C@H](C)C(=O)N1CCC[C@@H](C(=O)N(C)c2ncc(-c3ccccc3)s2)C1. The Morgan fingerprint density at radius 1 is 1.33 bits per heavy atom. The van der Waals surface area contributed by atoms with E-state index >= 15 is 0 Å². The van der Waals surface area contributed by atoms with Gasteiger partial charge >= 0.3 is 0 Å². The minimum atomic E-state index is -0.152. The predicted octanol–water partition coefficient (Wildman–Crippen LogP) is 4.06. The van der Waals surface area contributed by atoms with Crippen LogP contribution in [0.15, 0.2) is 36.5 Å². The van der Waals surface area contributed by atoms with E-state index in [1.807, 2.05) is 55.3 Å². The van der Waals surface area contributed by atoms with Crippen LogP contribution in [-0.2, 0) is 9.59 Å². The van der Waals surface area contributed by atoms with Gasteiger partial charge in [0.1, 0.15) is 0 Å². The van der Waals surface area contributed by atoms with Crippen molar-refractivity contribution in [2.45, 2.75) is 33.1 Å². The summed E-state index contributed by atoms with van der Waals surface area (Å²) in [6, 6.07) is 10.1. The summed E-state index contributed by atoms with van der Waals surface area (Å²) >= 11 is 1.52. The third kappa shape index (κ3) is 4.38. The van der Waals surface area contributed by atoms with Crippen molar-refractivity contribution < 1.29 is 9.59 Å². The molecule has 0 bridgehead atoms. The summed E-state index contributed by atoms with van der Waals surface area (Å²) < 4.78 is 0. The first kappa shape index (κ1) is 19.5. The van der Waals surface area contributed by atoms with Gasteiger partial charge in [-0.3, -0.25) is 14.5 Å². The second-order valence-electron chi connectivity index (χ2n) is 7.20. The minimum absolute atomic E-state index is 0.0176. The number of amides is 2. The molecule has 0 radical (unpaired) electrons. The Bertz CT molecular complexity index is 790. The molecule has 1 aromatic heterocycles. The molecule has 2 heterocycles. The van der Waals surface area contributed by atoms with Gasteiger partial charge in [-0.1, -0.05) is 55.5 Å². The quantitative estimate of drug-likeness (QED) is 0.780. The standard InChI is InChI=1S/C21H27N3O2S/c1-4-15(2)19(25)24-12-8-11-17(14-24)20(26)23(3)21-22-13-18(27-21)16-9-6-5-7-10-16/h5-7,9-10,13,15,17H,4,8,11-12,14H2,1-3H3/t15-,17+/m0/s1. The maximum Gasteiger partial charge on any atom is 0.233 e. The molecule has 1 aliphatic rings. The molecule has 0 unspecified atom stereocenters. The van der Waals surface area contributed by atoms with Crippen LogP contribution in [-0.4, -0.2) is 41.8 Å². The number of aromatic nitrogens is 1. The molecule has 2 atom stereocenters. The second-order valence-corrected chi connectivity index (χ2v) is 8.21. The Balaban J connectivity index is 1.68. The van der Waals surface area contributed by atoms with Gasteiger partial charge in [0.05, 0.1) is 10.8 Å². The lowest BCUT2D eigenvalue weighted by atomic mass is 9.95. The van der Waals surface area contributed by atoms with E-state index in [0.29, 0.717) is 11.7 Å². The van der Waals surface area contributed by atoms with E-state index in [-0.39, 0.29) is 23.7 Å². The lowest BCUT2D eigenvalue weighted by Gasteiger charge is -2.34. The van der Waals surface area contributed by atoms with E-state index < -0.39 is 0 Å². The van der Waals surface area contributed by atoms with E-state index in [2.05, 4.69) is 4.98 Å². The molecular weight excluding hydrogens is 358 g/mol. The van der Waals surface area contributed by atoms with Crippen LogP contribution >= 0.6 is 11.3 Å². The maximum atomic E-state index is 13.0. The summed E-state index contributed by atoms with van der Waals surface area (Å²) in [5, 5.41) is 0.698. The molecule has 1 aliphatic heterocycles. The molecule has 27 heavy (non-hydrogen) atoms. The van der Waals surface area contributed by atoms with Crippen LogP contribution in [0.2, 0.25) is 0 Å². The van der Waals surface area contributed by atoms with Gasteiger partial charge in [-0.05, 0) is 24.8 Å². The van der Waals surface area contributed by atoms with Gasteiger partial charge in [0.15, 0.2) is 5.13 Å². The number of carbonyl (C=O) groups is 2. The van der Waals surface area contributed by atoms with Crippen molar-refractivity contribution in [3.05, 3.63) is 36.5 Å². The van der Waals surface area contributed by atoms with Crippen LogP contribution in [0.5, 0.6) is 0 Å². The summed E-state index contributed by atoms with van der Waals surface area (Å²) in [7, 11) is 1.78. The van der Waals surface area contributed by atoms with Gasteiger partial charge in [0, 0.05) is 32.3 Å². The highest BCUT2D eigenvalue weighted by Gasteiger charge is 2.32. The van der Waals surface area contributed by atoms with Crippen LogP contribution in [0.1, 0.15) is 33.1 Å². The molecule has 6 heteroatoms. The highest BCUT2D eigenvalue weighted by molar-refractivity contribution is 7.19.